The lowest BCUT2D eigenvalue weighted by Crippen LogP contribution is -2.09. The molecule has 1 aromatic heterocycles. The van der Waals surface area contributed by atoms with Crippen LogP contribution in [0.5, 0.6) is 5.88 Å². The summed E-state index contributed by atoms with van der Waals surface area (Å²) in [6.07, 6.45) is 1.78. The maximum atomic E-state index is 10.3. The first-order valence-corrected chi connectivity index (χ1v) is 7.75. The van der Waals surface area contributed by atoms with E-state index in [-0.39, 0.29) is 5.88 Å². The Morgan fingerprint density at radius 2 is 1.67 bits per heavy atom. The highest BCUT2D eigenvalue weighted by Gasteiger charge is 2.20. The number of hydrogen-bond donors (Lipinski definition) is 1. The Morgan fingerprint density at radius 1 is 1.05 bits per heavy atom. The fraction of sp³-hybridized carbons (Fsp3) is 0.500. The third-order valence-corrected chi connectivity index (χ3v) is 3.63. The predicted molar refractivity (Wildman–Crippen MR) is 87.0 cm³/mol. The molecule has 1 N–H and O–H groups in total. The fourth-order valence-electron chi connectivity index (χ4n) is 2.69. The van der Waals surface area contributed by atoms with Gasteiger partial charge < -0.3 is 5.11 Å². The van der Waals surface area contributed by atoms with Gasteiger partial charge >= 0.3 is 0 Å². The van der Waals surface area contributed by atoms with Crippen molar-refractivity contribution < 1.29 is 5.11 Å². The lowest BCUT2D eigenvalue weighted by molar-refractivity contribution is 0.438. The zero-order valence-electron chi connectivity index (χ0n) is 13.7. The molecule has 0 atom stereocenters. The van der Waals surface area contributed by atoms with E-state index in [1.54, 1.807) is 0 Å². The second kappa shape index (κ2) is 6.33. The highest BCUT2D eigenvalue weighted by Crippen LogP contribution is 2.29. The van der Waals surface area contributed by atoms with Crippen molar-refractivity contribution in [3.8, 4) is 11.6 Å². The average molecular weight is 286 g/mol. The van der Waals surface area contributed by atoms with Crippen LogP contribution in [0.25, 0.3) is 5.69 Å². The molecule has 2 aromatic rings. The molecule has 0 amide bonds. The summed E-state index contributed by atoms with van der Waals surface area (Å²) < 4.78 is 1.93. The fourth-order valence-corrected chi connectivity index (χ4v) is 2.69. The third-order valence-electron chi connectivity index (χ3n) is 3.63. The van der Waals surface area contributed by atoms with Gasteiger partial charge in [-0.15, -0.1) is 5.10 Å². The van der Waals surface area contributed by atoms with Crippen LogP contribution in [0.15, 0.2) is 24.3 Å². The number of rotatable bonds is 5. The molecule has 0 fully saturated rings. The summed E-state index contributed by atoms with van der Waals surface area (Å²) >= 11 is 0. The SMILES string of the molecule is Cc1ccccc1-n1nc(O)c(CC(C)C)c1CC(C)C. The van der Waals surface area contributed by atoms with Crippen LogP contribution < -0.4 is 0 Å². The summed E-state index contributed by atoms with van der Waals surface area (Å²) in [6.45, 7) is 10.8. The monoisotopic (exact) mass is 286 g/mol. The van der Waals surface area contributed by atoms with E-state index in [1.807, 2.05) is 16.8 Å². The lowest BCUT2D eigenvalue weighted by atomic mass is 9.98. The predicted octanol–water partition coefficient (Wildman–Crippen LogP) is 4.28. The molecule has 1 aromatic carbocycles. The summed E-state index contributed by atoms with van der Waals surface area (Å²) in [6, 6.07) is 8.18. The number of para-hydroxylation sites is 1. The minimum Gasteiger partial charge on any atom is -0.492 e. The maximum absolute atomic E-state index is 10.3. The van der Waals surface area contributed by atoms with Gasteiger partial charge in [0.2, 0.25) is 5.88 Å². The number of benzene rings is 1. The smallest absolute Gasteiger partial charge is 0.234 e. The molecular formula is C18H26N2O. The summed E-state index contributed by atoms with van der Waals surface area (Å²) in [5.74, 6) is 1.20. The molecular weight excluding hydrogens is 260 g/mol. The first kappa shape index (κ1) is 15.6. The van der Waals surface area contributed by atoms with Gasteiger partial charge in [0.15, 0.2) is 0 Å². The van der Waals surface area contributed by atoms with E-state index in [2.05, 4.69) is 51.9 Å². The van der Waals surface area contributed by atoms with E-state index in [0.29, 0.717) is 11.8 Å². The van der Waals surface area contributed by atoms with Crippen molar-refractivity contribution in [3.05, 3.63) is 41.1 Å². The van der Waals surface area contributed by atoms with Gasteiger partial charge in [-0.05, 0) is 43.2 Å². The second-order valence-electron chi connectivity index (χ2n) is 6.64. The van der Waals surface area contributed by atoms with Crippen LogP contribution in [0.3, 0.4) is 0 Å². The summed E-state index contributed by atoms with van der Waals surface area (Å²) in [7, 11) is 0. The first-order chi connectivity index (χ1) is 9.90. The number of nitrogens with zero attached hydrogens (tertiary/aromatic N) is 2. The largest absolute Gasteiger partial charge is 0.492 e. The van der Waals surface area contributed by atoms with E-state index in [1.165, 1.54) is 5.56 Å². The van der Waals surface area contributed by atoms with Gasteiger partial charge in [-0.25, -0.2) is 4.68 Å². The molecule has 0 unspecified atom stereocenters. The van der Waals surface area contributed by atoms with Gasteiger partial charge in [-0.1, -0.05) is 45.9 Å². The highest BCUT2D eigenvalue weighted by molar-refractivity contribution is 5.44. The minimum atomic E-state index is 0.183. The Morgan fingerprint density at radius 3 is 2.24 bits per heavy atom. The molecule has 0 aliphatic rings. The van der Waals surface area contributed by atoms with E-state index in [4.69, 9.17) is 0 Å². The Kier molecular flexibility index (Phi) is 4.71. The van der Waals surface area contributed by atoms with E-state index < -0.39 is 0 Å². The standard InChI is InChI=1S/C18H26N2O/c1-12(2)10-15-17(11-13(3)4)20(19-18(15)21)16-9-7-6-8-14(16)5/h6-9,12-13H,10-11H2,1-5H3,(H,19,21). The zero-order chi connectivity index (χ0) is 15.6. The summed E-state index contributed by atoms with van der Waals surface area (Å²) in [5.41, 5.74) is 4.37. The van der Waals surface area contributed by atoms with Gasteiger partial charge in [0.05, 0.1) is 11.4 Å². The van der Waals surface area contributed by atoms with Gasteiger partial charge in [-0.3, -0.25) is 0 Å². The second-order valence-corrected chi connectivity index (χ2v) is 6.64. The summed E-state index contributed by atoms with van der Waals surface area (Å²) in [5, 5.41) is 14.7. The quantitative estimate of drug-likeness (QED) is 0.890. The molecule has 114 valence electrons. The van der Waals surface area contributed by atoms with Gasteiger partial charge in [0, 0.05) is 5.56 Å². The topological polar surface area (TPSA) is 38.0 Å². The Hall–Kier alpha value is -1.77. The molecule has 3 heteroatoms. The number of aryl methyl sites for hydroxylation is 1. The molecule has 2 rings (SSSR count). The molecule has 0 saturated heterocycles. The van der Waals surface area contributed by atoms with Crippen LogP contribution in [-0.4, -0.2) is 14.9 Å². The Labute approximate surface area is 127 Å². The Bertz CT molecular complexity index is 612. The number of aromatic hydroxyl groups is 1. The van der Waals surface area contributed by atoms with Crippen LogP contribution in [0.4, 0.5) is 0 Å². The first-order valence-electron chi connectivity index (χ1n) is 7.75. The molecule has 21 heavy (non-hydrogen) atoms. The van der Waals surface area contributed by atoms with Crippen molar-refractivity contribution in [2.24, 2.45) is 11.8 Å². The van der Waals surface area contributed by atoms with Crippen LogP contribution in [0, 0.1) is 18.8 Å². The van der Waals surface area contributed by atoms with Gasteiger partial charge in [0.1, 0.15) is 0 Å². The van der Waals surface area contributed by atoms with Crippen LogP contribution in [0.2, 0.25) is 0 Å². The molecule has 1 heterocycles. The highest BCUT2D eigenvalue weighted by atomic mass is 16.3. The van der Waals surface area contributed by atoms with Crippen molar-refractivity contribution in [3.63, 3.8) is 0 Å². The zero-order valence-corrected chi connectivity index (χ0v) is 13.7. The maximum Gasteiger partial charge on any atom is 0.234 e. The van der Waals surface area contributed by atoms with Crippen molar-refractivity contribution in [2.75, 3.05) is 0 Å². The van der Waals surface area contributed by atoms with Gasteiger partial charge in [-0.2, -0.15) is 0 Å². The van der Waals surface area contributed by atoms with Crippen LogP contribution >= 0.6 is 0 Å². The average Bonchev–Trinajstić information content (AvgIpc) is 2.67. The molecule has 0 radical (unpaired) electrons. The molecule has 0 spiro atoms. The van der Waals surface area contributed by atoms with Crippen molar-refractivity contribution >= 4 is 0 Å². The van der Waals surface area contributed by atoms with Crippen LogP contribution in [-0.2, 0) is 12.8 Å². The van der Waals surface area contributed by atoms with Crippen molar-refractivity contribution in [1.82, 2.24) is 9.78 Å². The molecule has 0 saturated carbocycles. The van der Waals surface area contributed by atoms with Crippen molar-refractivity contribution in [1.29, 1.82) is 0 Å². The van der Waals surface area contributed by atoms with Crippen LogP contribution in [0.1, 0.15) is 44.5 Å². The molecule has 0 bridgehead atoms. The lowest BCUT2D eigenvalue weighted by Gasteiger charge is -2.14. The normalized spacial score (nSPS) is 11.6. The molecule has 0 aliphatic carbocycles. The minimum absolute atomic E-state index is 0.183. The third kappa shape index (κ3) is 3.46. The van der Waals surface area contributed by atoms with Crippen molar-refractivity contribution in [2.45, 2.75) is 47.5 Å². The van der Waals surface area contributed by atoms with E-state index >= 15 is 0 Å². The molecule has 3 nitrogen and oxygen atoms in total. The van der Waals surface area contributed by atoms with Gasteiger partial charge in [0.25, 0.3) is 0 Å². The summed E-state index contributed by atoms with van der Waals surface area (Å²) in [4.78, 5) is 0. The Balaban J connectivity index is 2.58. The molecule has 0 aliphatic heterocycles. The van der Waals surface area contributed by atoms with E-state index in [0.717, 1.165) is 29.8 Å². The number of hydrogen-bond acceptors (Lipinski definition) is 2. The number of aromatic nitrogens is 2. The van der Waals surface area contributed by atoms with E-state index in [9.17, 15) is 5.11 Å².